The Kier molecular flexibility index (Phi) is 4.18. The monoisotopic (exact) mass is 268 g/mol. The van der Waals surface area contributed by atoms with E-state index in [2.05, 4.69) is 0 Å². The van der Waals surface area contributed by atoms with Crippen molar-refractivity contribution in [3.8, 4) is 0 Å². The van der Waals surface area contributed by atoms with E-state index in [0.717, 1.165) is 16.0 Å². The Bertz CT molecular complexity index is 496. The molecule has 0 aliphatic carbocycles. The minimum absolute atomic E-state index is 0.547. The highest BCUT2D eigenvalue weighted by Gasteiger charge is 2.12. The zero-order valence-electron chi connectivity index (χ0n) is 9.39. The number of methoxy groups -OCH3 is 1. The number of aliphatic hydroxyl groups is 1. The van der Waals surface area contributed by atoms with Crippen LogP contribution in [-0.4, -0.2) is 12.2 Å². The van der Waals surface area contributed by atoms with Gasteiger partial charge in [0, 0.05) is 12.0 Å². The van der Waals surface area contributed by atoms with Crippen LogP contribution in [0.15, 0.2) is 36.4 Å². The predicted octanol–water partition coefficient (Wildman–Crippen LogP) is 3.63. The Morgan fingerprint density at radius 2 is 2.18 bits per heavy atom. The molecule has 1 aromatic carbocycles. The summed E-state index contributed by atoms with van der Waals surface area (Å²) in [6, 6.07) is 11.4. The first-order chi connectivity index (χ1) is 8.20. The third-order valence-corrected chi connectivity index (χ3v) is 3.72. The lowest BCUT2D eigenvalue weighted by Crippen LogP contribution is -1.98. The maximum Gasteiger partial charge on any atom is 0.113 e. The predicted molar refractivity (Wildman–Crippen MR) is 70.5 cm³/mol. The van der Waals surface area contributed by atoms with Crippen LogP contribution < -0.4 is 0 Å². The van der Waals surface area contributed by atoms with Crippen LogP contribution in [-0.2, 0) is 11.3 Å². The fourth-order valence-corrected chi connectivity index (χ4v) is 2.73. The number of ether oxygens (including phenoxy) is 1. The van der Waals surface area contributed by atoms with Crippen molar-refractivity contribution in [3.63, 3.8) is 0 Å². The zero-order chi connectivity index (χ0) is 12.3. The first kappa shape index (κ1) is 12.6. The second-order valence-corrected chi connectivity index (χ2v) is 5.47. The Morgan fingerprint density at radius 3 is 2.82 bits per heavy atom. The topological polar surface area (TPSA) is 29.5 Å². The van der Waals surface area contributed by atoms with Gasteiger partial charge >= 0.3 is 0 Å². The molecule has 2 nitrogen and oxygen atoms in total. The average Bonchev–Trinajstić information content (AvgIpc) is 2.76. The molecule has 1 aromatic heterocycles. The van der Waals surface area contributed by atoms with Gasteiger partial charge in [0.15, 0.2) is 0 Å². The number of halogens is 1. The standard InChI is InChI=1S/C13H13ClO2S/c1-16-8-9-3-2-4-10(7-9)13(15)11-5-6-12(14)17-11/h2-7,13,15H,8H2,1H3. The number of rotatable bonds is 4. The van der Waals surface area contributed by atoms with Crippen molar-refractivity contribution in [1.29, 1.82) is 0 Å². The molecule has 0 radical (unpaired) electrons. The molecular formula is C13H13ClO2S. The quantitative estimate of drug-likeness (QED) is 0.918. The van der Waals surface area contributed by atoms with Crippen molar-refractivity contribution in [2.75, 3.05) is 7.11 Å². The van der Waals surface area contributed by atoms with Crippen LogP contribution in [0.4, 0.5) is 0 Å². The molecule has 0 aliphatic heterocycles. The van der Waals surface area contributed by atoms with Crippen LogP contribution in [0.25, 0.3) is 0 Å². The Morgan fingerprint density at radius 1 is 1.35 bits per heavy atom. The molecular weight excluding hydrogens is 256 g/mol. The van der Waals surface area contributed by atoms with Crippen molar-refractivity contribution < 1.29 is 9.84 Å². The number of hydrogen-bond donors (Lipinski definition) is 1. The summed E-state index contributed by atoms with van der Waals surface area (Å²) in [5.41, 5.74) is 1.91. The molecule has 0 saturated carbocycles. The average molecular weight is 269 g/mol. The van der Waals surface area contributed by atoms with Crippen molar-refractivity contribution in [3.05, 3.63) is 56.7 Å². The van der Waals surface area contributed by atoms with Crippen LogP contribution in [0.2, 0.25) is 4.34 Å². The van der Waals surface area contributed by atoms with Gasteiger partial charge in [0.2, 0.25) is 0 Å². The summed E-state index contributed by atoms with van der Waals surface area (Å²) in [7, 11) is 1.65. The van der Waals surface area contributed by atoms with E-state index < -0.39 is 6.10 Å². The van der Waals surface area contributed by atoms with Crippen LogP contribution in [0.5, 0.6) is 0 Å². The van der Waals surface area contributed by atoms with Crippen LogP contribution in [0, 0.1) is 0 Å². The second kappa shape index (κ2) is 5.65. The van der Waals surface area contributed by atoms with Crippen molar-refractivity contribution >= 4 is 22.9 Å². The SMILES string of the molecule is COCc1cccc(C(O)c2ccc(Cl)s2)c1. The van der Waals surface area contributed by atoms with Gasteiger partial charge < -0.3 is 9.84 Å². The molecule has 0 bridgehead atoms. The van der Waals surface area contributed by atoms with Crippen LogP contribution in [0.1, 0.15) is 22.1 Å². The van der Waals surface area contributed by atoms with Gasteiger partial charge in [-0.15, -0.1) is 11.3 Å². The van der Waals surface area contributed by atoms with Gasteiger partial charge in [0.25, 0.3) is 0 Å². The minimum atomic E-state index is -0.621. The van der Waals surface area contributed by atoms with Gasteiger partial charge in [-0.05, 0) is 23.3 Å². The molecule has 0 aliphatic rings. The number of aliphatic hydroxyl groups excluding tert-OH is 1. The van der Waals surface area contributed by atoms with Gasteiger partial charge in [-0.2, -0.15) is 0 Å². The lowest BCUT2D eigenvalue weighted by molar-refractivity contribution is 0.184. The van der Waals surface area contributed by atoms with E-state index in [0.29, 0.717) is 10.9 Å². The molecule has 2 rings (SSSR count). The van der Waals surface area contributed by atoms with Crippen LogP contribution in [0.3, 0.4) is 0 Å². The van der Waals surface area contributed by atoms with Gasteiger partial charge in [-0.3, -0.25) is 0 Å². The Balaban J connectivity index is 2.24. The van der Waals surface area contributed by atoms with E-state index in [-0.39, 0.29) is 0 Å². The molecule has 0 fully saturated rings. The summed E-state index contributed by atoms with van der Waals surface area (Å²) in [5, 5.41) is 10.2. The summed E-state index contributed by atoms with van der Waals surface area (Å²) in [6.07, 6.45) is -0.621. The van der Waals surface area contributed by atoms with E-state index in [1.807, 2.05) is 30.3 Å². The Hall–Kier alpha value is -0.870. The van der Waals surface area contributed by atoms with Gasteiger partial charge in [-0.1, -0.05) is 35.9 Å². The van der Waals surface area contributed by atoms with E-state index in [4.69, 9.17) is 16.3 Å². The van der Waals surface area contributed by atoms with Crippen molar-refractivity contribution in [2.45, 2.75) is 12.7 Å². The summed E-state index contributed by atoms with van der Waals surface area (Å²) < 4.78 is 5.76. The molecule has 4 heteroatoms. The van der Waals surface area contributed by atoms with E-state index >= 15 is 0 Å². The molecule has 1 unspecified atom stereocenters. The Labute approximate surface area is 109 Å². The molecule has 2 aromatic rings. The van der Waals surface area contributed by atoms with Crippen molar-refractivity contribution in [2.24, 2.45) is 0 Å². The molecule has 1 atom stereocenters. The highest BCUT2D eigenvalue weighted by atomic mass is 35.5. The van der Waals surface area contributed by atoms with E-state index in [9.17, 15) is 5.11 Å². The highest BCUT2D eigenvalue weighted by Crippen LogP contribution is 2.31. The number of thiophene rings is 1. The van der Waals surface area contributed by atoms with Gasteiger partial charge in [0.05, 0.1) is 10.9 Å². The number of hydrogen-bond acceptors (Lipinski definition) is 3. The normalized spacial score (nSPS) is 12.6. The third kappa shape index (κ3) is 3.07. The summed E-state index contributed by atoms with van der Waals surface area (Å²) >= 11 is 7.25. The fourth-order valence-electron chi connectivity index (χ4n) is 1.66. The smallest absolute Gasteiger partial charge is 0.113 e. The largest absolute Gasteiger partial charge is 0.383 e. The zero-order valence-corrected chi connectivity index (χ0v) is 11.0. The summed E-state index contributed by atoms with van der Waals surface area (Å²) in [6.45, 7) is 0.547. The molecule has 17 heavy (non-hydrogen) atoms. The summed E-state index contributed by atoms with van der Waals surface area (Å²) in [5.74, 6) is 0. The third-order valence-electron chi connectivity index (χ3n) is 2.44. The molecule has 0 spiro atoms. The maximum absolute atomic E-state index is 10.2. The fraction of sp³-hybridized carbons (Fsp3) is 0.231. The van der Waals surface area contributed by atoms with Gasteiger partial charge in [0.1, 0.15) is 6.10 Å². The minimum Gasteiger partial charge on any atom is -0.383 e. The maximum atomic E-state index is 10.2. The first-order valence-electron chi connectivity index (χ1n) is 5.22. The molecule has 90 valence electrons. The van der Waals surface area contributed by atoms with Gasteiger partial charge in [-0.25, -0.2) is 0 Å². The lowest BCUT2D eigenvalue weighted by Gasteiger charge is -2.10. The molecule has 1 heterocycles. The molecule has 0 saturated heterocycles. The van der Waals surface area contributed by atoms with E-state index in [1.54, 1.807) is 13.2 Å². The highest BCUT2D eigenvalue weighted by molar-refractivity contribution is 7.16. The van der Waals surface area contributed by atoms with Crippen molar-refractivity contribution in [1.82, 2.24) is 0 Å². The number of benzene rings is 1. The molecule has 1 N–H and O–H groups in total. The van der Waals surface area contributed by atoms with E-state index in [1.165, 1.54) is 11.3 Å². The molecule has 0 amide bonds. The first-order valence-corrected chi connectivity index (χ1v) is 6.41. The second-order valence-electron chi connectivity index (χ2n) is 3.72. The van der Waals surface area contributed by atoms with Crippen LogP contribution >= 0.6 is 22.9 Å². The summed E-state index contributed by atoms with van der Waals surface area (Å²) in [4.78, 5) is 0.851. The lowest BCUT2D eigenvalue weighted by atomic mass is 10.1.